The molecule has 0 spiro atoms. The zero-order valence-electron chi connectivity index (χ0n) is 9.75. The van der Waals surface area contributed by atoms with Gasteiger partial charge in [-0.05, 0) is 17.5 Å². The van der Waals surface area contributed by atoms with Gasteiger partial charge in [0.05, 0.1) is 5.52 Å². The van der Waals surface area contributed by atoms with Gasteiger partial charge < -0.3 is 15.0 Å². The van der Waals surface area contributed by atoms with Crippen molar-refractivity contribution in [1.82, 2.24) is 9.88 Å². The Balaban J connectivity index is 2.46. The summed E-state index contributed by atoms with van der Waals surface area (Å²) in [6.07, 6.45) is 3.13. The third-order valence-electron chi connectivity index (χ3n) is 2.44. The summed E-state index contributed by atoms with van der Waals surface area (Å²) in [5, 5.41) is 12.3. The number of aromatic nitrogens is 1. The molecule has 0 bridgehead atoms. The fraction of sp³-hybridized carbons (Fsp3) is 0.0769. The van der Waals surface area contributed by atoms with E-state index in [2.05, 4.69) is 5.32 Å². The monoisotopic (exact) mass is 244 g/mol. The van der Waals surface area contributed by atoms with E-state index in [1.54, 1.807) is 10.8 Å². The molecule has 0 radical (unpaired) electrons. The van der Waals surface area contributed by atoms with Crippen LogP contribution in [0.2, 0.25) is 0 Å². The molecule has 1 heterocycles. The van der Waals surface area contributed by atoms with Crippen LogP contribution in [0.5, 0.6) is 0 Å². The van der Waals surface area contributed by atoms with Gasteiger partial charge in [-0.25, -0.2) is 4.79 Å². The minimum atomic E-state index is -1.18. The summed E-state index contributed by atoms with van der Waals surface area (Å²) < 4.78 is 1.66. The van der Waals surface area contributed by atoms with Crippen molar-refractivity contribution in [2.24, 2.45) is 0 Å². The molecule has 0 saturated carbocycles. The number of benzene rings is 1. The smallest absolute Gasteiger partial charge is 0.353 e. The maximum atomic E-state index is 11.0. The van der Waals surface area contributed by atoms with Crippen LogP contribution in [0.3, 0.4) is 0 Å². The summed E-state index contributed by atoms with van der Waals surface area (Å²) in [4.78, 5) is 21.9. The van der Waals surface area contributed by atoms with Crippen molar-refractivity contribution in [2.75, 3.05) is 0 Å². The van der Waals surface area contributed by atoms with Crippen LogP contribution in [0.1, 0.15) is 6.92 Å². The van der Waals surface area contributed by atoms with E-state index < -0.39 is 11.9 Å². The first-order valence-electron chi connectivity index (χ1n) is 5.36. The minimum absolute atomic E-state index is 0.163. The Morgan fingerprint density at radius 2 is 2.00 bits per heavy atom. The molecule has 1 aromatic heterocycles. The highest BCUT2D eigenvalue weighted by molar-refractivity contribution is 5.95. The molecule has 0 fully saturated rings. The van der Waals surface area contributed by atoms with Gasteiger partial charge in [-0.15, -0.1) is 0 Å². The first-order valence-corrected chi connectivity index (χ1v) is 5.36. The quantitative estimate of drug-likeness (QED) is 0.806. The van der Waals surface area contributed by atoms with Crippen molar-refractivity contribution in [2.45, 2.75) is 6.92 Å². The molecular formula is C13H12N2O3. The highest BCUT2D eigenvalue weighted by Gasteiger charge is 2.09. The van der Waals surface area contributed by atoms with Crippen LogP contribution in [-0.2, 0) is 9.59 Å². The Labute approximate surface area is 103 Å². The Bertz CT molecular complexity index is 640. The van der Waals surface area contributed by atoms with Gasteiger partial charge in [-0.2, -0.15) is 0 Å². The normalized spacial score (nSPS) is 11.5. The first-order chi connectivity index (χ1) is 8.58. The molecule has 92 valence electrons. The number of carboxylic acid groups (broad SMARTS) is 1. The Kier molecular flexibility index (Phi) is 3.14. The number of fused-ring (bicyclic) bond motifs is 1. The van der Waals surface area contributed by atoms with Crippen LogP contribution >= 0.6 is 0 Å². The average molecular weight is 244 g/mol. The Morgan fingerprint density at radius 1 is 1.28 bits per heavy atom. The van der Waals surface area contributed by atoms with Crippen LogP contribution in [0, 0.1) is 0 Å². The molecule has 0 aliphatic rings. The van der Waals surface area contributed by atoms with Gasteiger partial charge in [0, 0.05) is 19.3 Å². The number of para-hydroxylation sites is 1. The molecule has 0 atom stereocenters. The lowest BCUT2D eigenvalue weighted by Crippen LogP contribution is -2.25. The number of rotatable bonds is 3. The Hall–Kier alpha value is -2.56. The standard InChI is InChI=1S/C13H12N2O3/c1-9(16)14-11(13(17)18)8-15-7-6-10-4-2-3-5-12(10)15/h2-8H,1H3,(H,14,16)(H,17,18)/b11-8-. The summed E-state index contributed by atoms with van der Waals surface area (Å²) in [6.45, 7) is 1.27. The number of nitrogens with one attached hydrogen (secondary N) is 1. The van der Waals surface area contributed by atoms with E-state index in [0.29, 0.717) is 0 Å². The molecule has 2 N–H and O–H groups in total. The predicted octanol–water partition coefficient (Wildman–Crippen LogP) is 1.66. The van der Waals surface area contributed by atoms with E-state index in [1.807, 2.05) is 30.3 Å². The molecule has 1 aromatic carbocycles. The Morgan fingerprint density at radius 3 is 2.67 bits per heavy atom. The number of carbonyl (C=O) groups is 2. The second kappa shape index (κ2) is 4.75. The fourth-order valence-electron chi connectivity index (χ4n) is 1.69. The van der Waals surface area contributed by atoms with Crippen LogP contribution in [0.25, 0.3) is 17.1 Å². The summed E-state index contributed by atoms with van der Waals surface area (Å²) >= 11 is 0. The highest BCUT2D eigenvalue weighted by atomic mass is 16.4. The molecular weight excluding hydrogens is 232 g/mol. The minimum Gasteiger partial charge on any atom is -0.477 e. The maximum absolute atomic E-state index is 11.0. The number of hydrogen-bond donors (Lipinski definition) is 2. The third-order valence-corrected chi connectivity index (χ3v) is 2.44. The van der Waals surface area contributed by atoms with Gasteiger partial charge in [-0.3, -0.25) is 4.79 Å². The molecule has 2 aromatic rings. The largest absolute Gasteiger partial charge is 0.477 e. The molecule has 0 aliphatic heterocycles. The number of carboxylic acids is 1. The zero-order valence-corrected chi connectivity index (χ0v) is 9.75. The number of hydrogen-bond acceptors (Lipinski definition) is 2. The summed E-state index contributed by atoms with van der Waals surface area (Å²) in [5.74, 6) is -1.59. The van der Waals surface area contributed by atoms with Crippen LogP contribution in [0.4, 0.5) is 0 Å². The lowest BCUT2D eigenvalue weighted by Gasteiger charge is -2.04. The van der Waals surface area contributed by atoms with Gasteiger partial charge in [0.25, 0.3) is 0 Å². The molecule has 0 saturated heterocycles. The number of amides is 1. The van der Waals surface area contributed by atoms with Crippen LogP contribution in [-0.4, -0.2) is 21.6 Å². The second-order valence-electron chi connectivity index (χ2n) is 3.81. The van der Waals surface area contributed by atoms with Gasteiger partial charge in [0.1, 0.15) is 5.70 Å². The molecule has 0 unspecified atom stereocenters. The van der Waals surface area contributed by atoms with Crippen molar-refractivity contribution in [3.63, 3.8) is 0 Å². The van der Waals surface area contributed by atoms with Crippen LogP contribution in [0.15, 0.2) is 42.2 Å². The molecule has 18 heavy (non-hydrogen) atoms. The molecule has 5 heteroatoms. The van der Waals surface area contributed by atoms with Crippen LogP contribution < -0.4 is 5.32 Å². The van der Waals surface area contributed by atoms with Gasteiger partial charge in [-0.1, -0.05) is 18.2 Å². The van der Waals surface area contributed by atoms with Crippen molar-refractivity contribution < 1.29 is 14.7 Å². The van der Waals surface area contributed by atoms with E-state index in [-0.39, 0.29) is 5.70 Å². The van der Waals surface area contributed by atoms with E-state index in [1.165, 1.54) is 13.1 Å². The lowest BCUT2D eigenvalue weighted by molar-refractivity contribution is -0.134. The molecule has 2 rings (SSSR count). The summed E-state index contributed by atoms with van der Waals surface area (Å²) in [5.41, 5.74) is 0.713. The number of carbonyl (C=O) groups excluding carboxylic acids is 1. The van der Waals surface area contributed by atoms with E-state index >= 15 is 0 Å². The van der Waals surface area contributed by atoms with Crippen molar-refractivity contribution >= 4 is 29.0 Å². The highest BCUT2D eigenvalue weighted by Crippen LogP contribution is 2.15. The molecule has 0 aliphatic carbocycles. The maximum Gasteiger partial charge on any atom is 0.353 e. The first kappa shape index (κ1) is 11.9. The van der Waals surface area contributed by atoms with E-state index in [0.717, 1.165) is 10.9 Å². The number of nitrogens with zero attached hydrogens (tertiary/aromatic N) is 1. The van der Waals surface area contributed by atoms with Gasteiger partial charge >= 0.3 is 5.97 Å². The van der Waals surface area contributed by atoms with Crippen molar-refractivity contribution in [3.8, 4) is 0 Å². The van der Waals surface area contributed by atoms with E-state index in [9.17, 15) is 9.59 Å². The zero-order chi connectivity index (χ0) is 13.1. The number of aliphatic carboxylic acids is 1. The lowest BCUT2D eigenvalue weighted by atomic mass is 10.2. The van der Waals surface area contributed by atoms with Crippen molar-refractivity contribution in [3.05, 3.63) is 42.2 Å². The molecule has 5 nitrogen and oxygen atoms in total. The fourth-order valence-corrected chi connectivity index (χ4v) is 1.69. The SMILES string of the molecule is CC(=O)N/C(=C\n1ccc2ccccc21)C(=O)O. The predicted molar refractivity (Wildman–Crippen MR) is 67.7 cm³/mol. The average Bonchev–Trinajstić information content (AvgIpc) is 2.71. The topological polar surface area (TPSA) is 71.3 Å². The van der Waals surface area contributed by atoms with Gasteiger partial charge in [0.15, 0.2) is 0 Å². The second-order valence-corrected chi connectivity index (χ2v) is 3.81. The summed E-state index contributed by atoms with van der Waals surface area (Å²) in [7, 11) is 0. The third kappa shape index (κ3) is 2.40. The van der Waals surface area contributed by atoms with E-state index in [4.69, 9.17) is 5.11 Å². The van der Waals surface area contributed by atoms with Gasteiger partial charge in [0.2, 0.25) is 5.91 Å². The molecule has 1 amide bonds. The van der Waals surface area contributed by atoms with Crippen molar-refractivity contribution in [1.29, 1.82) is 0 Å². The summed E-state index contributed by atoms with van der Waals surface area (Å²) in [6, 6.07) is 9.45.